The molecule has 0 bridgehead atoms. The Morgan fingerprint density at radius 3 is 2.36 bits per heavy atom. The SMILES string of the molecule is CSC(C)OC(C)OC(C)=O. The lowest BCUT2D eigenvalue weighted by Crippen LogP contribution is -2.19. The number of rotatable bonds is 4. The molecule has 0 aliphatic carbocycles. The van der Waals surface area contributed by atoms with Crippen molar-refractivity contribution in [3.63, 3.8) is 0 Å². The zero-order valence-electron chi connectivity index (χ0n) is 7.29. The summed E-state index contributed by atoms with van der Waals surface area (Å²) in [5.74, 6) is -0.314. The van der Waals surface area contributed by atoms with Gasteiger partial charge in [-0.15, -0.1) is 11.8 Å². The maximum Gasteiger partial charge on any atom is 0.304 e. The third-order valence-electron chi connectivity index (χ3n) is 1.05. The van der Waals surface area contributed by atoms with Crippen molar-refractivity contribution >= 4 is 17.7 Å². The molecule has 0 aromatic carbocycles. The Kier molecular flexibility index (Phi) is 5.32. The second-order valence-electron chi connectivity index (χ2n) is 2.12. The Morgan fingerprint density at radius 2 is 2.00 bits per heavy atom. The van der Waals surface area contributed by atoms with Crippen molar-refractivity contribution in [1.82, 2.24) is 0 Å². The van der Waals surface area contributed by atoms with Gasteiger partial charge in [-0.3, -0.25) is 4.79 Å². The highest BCUT2D eigenvalue weighted by Crippen LogP contribution is 2.09. The van der Waals surface area contributed by atoms with Crippen molar-refractivity contribution in [3.05, 3.63) is 0 Å². The Hall–Kier alpha value is -0.220. The maximum atomic E-state index is 10.4. The molecule has 4 heteroatoms. The lowest BCUT2D eigenvalue weighted by atomic mass is 10.7. The van der Waals surface area contributed by atoms with Crippen molar-refractivity contribution in [1.29, 1.82) is 0 Å². The first-order valence-corrected chi connectivity index (χ1v) is 4.70. The minimum absolute atomic E-state index is 0.0596. The van der Waals surface area contributed by atoms with Crippen molar-refractivity contribution < 1.29 is 14.3 Å². The highest BCUT2D eigenvalue weighted by Gasteiger charge is 2.08. The van der Waals surface area contributed by atoms with Crippen LogP contribution in [0.25, 0.3) is 0 Å². The zero-order chi connectivity index (χ0) is 8.85. The van der Waals surface area contributed by atoms with Crippen molar-refractivity contribution in [2.45, 2.75) is 32.5 Å². The first kappa shape index (κ1) is 10.8. The third-order valence-corrected chi connectivity index (χ3v) is 1.82. The molecule has 2 unspecified atom stereocenters. The molecule has 11 heavy (non-hydrogen) atoms. The molecule has 0 saturated carbocycles. The molecule has 0 rings (SSSR count). The van der Waals surface area contributed by atoms with Crippen LogP contribution in [0.5, 0.6) is 0 Å². The van der Waals surface area contributed by atoms with Crippen LogP contribution < -0.4 is 0 Å². The number of carbonyl (C=O) groups is 1. The van der Waals surface area contributed by atoms with Crippen molar-refractivity contribution in [2.24, 2.45) is 0 Å². The van der Waals surface area contributed by atoms with E-state index in [-0.39, 0.29) is 11.4 Å². The first-order chi connectivity index (χ1) is 5.06. The summed E-state index contributed by atoms with van der Waals surface area (Å²) in [6, 6.07) is 0. The second-order valence-corrected chi connectivity index (χ2v) is 3.25. The smallest absolute Gasteiger partial charge is 0.304 e. The molecular formula is C7H14O3S. The van der Waals surface area contributed by atoms with Gasteiger partial charge in [0, 0.05) is 6.92 Å². The van der Waals surface area contributed by atoms with E-state index >= 15 is 0 Å². The molecule has 0 aromatic heterocycles. The van der Waals surface area contributed by atoms with Crippen LogP contribution in [0.3, 0.4) is 0 Å². The van der Waals surface area contributed by atoms with E-state index in [0.717, 1.165) is 0 Å². The predicted molar refractivity (Wildman–Crippen MR) is 45.3 cm³/mol. The van der Waals surface area contributed by atoms with E-state index in [4.69, 9.17) is 9.47 Å². The third kappa shape index (κ3) is 6.19. The second kappa shape index (κ2) is 5.43. The van der Waals surface area contributed by atoms with Gasteiger partial charge in [0.05, 0.1) is 0 Å². The maximum absolute atomic E-state index is 10.4. The van der Waals surface area contributed by atoms with Crippen LogP contribution in [0, 0.1) is 0 Å². The molecule has 0 aromatic rings. The fourth-order valence-electron chi connectivity index (χ4n) is 0.587. The topological polar surface area (TPSA) is 35.5 Å². The summed E-state index contributed by atoms with van der Waals surface area (Å²) in [6.45, 7) is 4.97. The van der Waals surface area contributed by atoms with Gasteiger partial charge in [-0.05, 0) is 20.1 Å². The van der Waals surface area contributed by atoms with E-state index in [1.54, 1.807) is 18.7 Å². The first-order valence-electron chi connectivity index (χ1n) is 3.41. The summed E-state index contributed by atoms with van der Waals surface area (Å²) in [6.07, 6.45) is 1.49. The summed E-state index contributed by atoms with van der Waals surface area (Å²) in [5, 5.41) is 0. The van der Waals surface area contributed by atoms with Gasteiger partial charge in [-0.1, -0.05) is 0 Å². The average Bonchev–Trinajstić information content (AvgIpc) is 1.85. The van der Waals surface area contributed by atoms with E-state index in [1.807, 2.05) is 13.2 Å². The Morgan fingerprint density at radius 1 is 1.45 bits per heavy atom. The highest BCUT2D eigenvalue weighted by molar-refractivity contribution is 7.99. The lowest BCUT2D eigenvalue weighted by Gasteiger charge is -2.16. The Balaban J connectivity index is 3.51. The van der Waals surface area contributed by atoms with Crippen LogP contribution >= 0.6 is 11.8 Å². The van der Waals surface area contributed by atoms with Crippen LogP contribution in [0.1, 0.15) is 20.8 Å². The minimum Gasteiger partial charge on any atom is -0.436 e. The fraction of sp³-hybridized carbons (Fsp3) is 0.857. The highest BCUT2D eigenvalue weighted by atomic mass is 32.2. The molecule has 0 fully saturated rings. The van der Waals surface area contributed by atoms with Gasteiger partial charge in [0.2, 0.25) is 6.29 Å². The summed E-state index contributed by atoms with van der Waals surface area (Å²) in [4.78, 5) is 10.4. The van der Waals surface area contributed by atoms with Crippen LogP contribution in [0.4, 0.5) is 0 Å². The Bertz CT molecular complexity index is 127. The minimum atomic E-state index is -0.449. The van der Waals surface area contributed by atoms with Crippen LogP contribution in [-0.4, -0.2) is 24.0 Å². The van der Waals surface area contributed by atoms with Gasteiger partial charge in [0.15, 0.2) is 0 Å². The van der Waals surface area contributed by atoms with E-state index in [2.05, 4.69) is 0 Å². The molecule has 66 valence electrons. The number of thioether (sulfide) groups is 1. The molecule has 0 radical (unpaired) electrons. The molecular weight excluding hydrogens is 164 g/mol. The summed E-state index contributed by atoms with van der Waals surface area (Å²) in [7, 11) is 0. The molecule has 0 amide bonds. The molecule has 0 spiro atoms. The molecule has 0 aliphatic rings. The summed E-state index contributed by atoms with van der Waals surface area (Å²) >= 11 is 1.57. The number of hydrogen-bond donors (Lipinski definition) is 0. The van der Waals surface area contributed by atoms with E-state index in [1.165, 1.54) is 6.92 Å². The number of ether oxygens (including phenoxy) is 2. The van der Waals surface area contributed by atoms with E-state index in [9.17, 15) is 4.79 Å². The lowest BCUT2D eigenvalue weighted by molar-refractivity contribution is -0.173. The normalized spacial score (nSPS) is 15.6. The molecule has 0 aliphatic heterocycles. The monoisotopic (exact) mass is 178 g/mol. The van der Waals surface area contributed by atoms with E-state index < -0.39 is 6.29 Å². The predicted octanol–water partition coefficient (Wildman–Crippen LogP) is 1.62. The zero-order valence-corrected chi connectivity index (χ0v) is 8.10. The van der Waals surface area contributed by atoms with Gasteiger partial charge < -0.3 is 9.47 Å². The number of hydrogen-bond acceptors (Lipinski definition) is 4. The van der Waals surface area contributed by atoms with Crippen molar-refractivity contribution in [3.8, 4) is 0 Å². The number of carbonyl (C=O) groups excluding carboxylic acids is 1. The van der Waals surface area contributed by atoms with Gasteiger partial charge >= 0.3 is 5.97 Å². The van der Waals surface area contributed by atoms with E-state index in [0.29, 0.717) is 0 Å². The largest absolute Gasteiger partial charge is 0.436 e. The summed E-state index contributed by atoms with van der Waals surface area (Å²) < 4.78 is 9.98. The van der Waals surface area contributed by atoms with Crippen LogP contribution in [-0.2, 0) is 14.3 Å². The quantitative estimate of drug-likeness (QED) is 0.484. The van der Waals surface area contributed by atoms with Gasteiger partial charge in [-0.25, -0.2) is 0 Å². The standard InChI is InChI=1S/C7H14O3S/c1-5(8)9-6(2)10-7(3)11-4/h6-7H,1-4H3. The van der Waals surface area contributed by atoms with Gasteiger partial charge in [-0.2, -0.15) is 0 Å². The van der Waals surface area contributed by atoms with Crippen LogP contribution in [0.2, 0.25) is 0 Å². The van der Waals surface area contributed by atoms with Crippen LogP contribution in [0.15, 0.2) is 0 Å². The summed E-state index contributed by atoms with van der Waals surface area (Å²) in [5.41, 5.74) is 0.0596. The molecule has 3 nitrogen and oxygen atoms in total. The fourth-order valence-corrected chi connectivity index (χ4v) is 0.855. The molecule has 0 N–H and O–H groups in total. The van der Waals surface area contributed by atoms with Gasteiger partial charge in [0.25, 0.3) is 0 Å². The molecule has 0 heterocycles. The molecule has 0 saturated heterocycles. The van der Waals surface area contributed by atoms with Gasteiger partial charge in [0.1, 0.15) is 5.44 Å². The average molecular weight is 178 g/mol. The molecule has 2 atom stereocenters. The Labute approximate surface area is 71.4 Å². The van der Waals surface area contributed by atoms with Crippen molar-refractivity contribution in [2.75, 3.05) is 6.26 Å². The number of esters is 1.